The molecule has 5 atom stereocenters. The topological polar surface area (TPSA) is 76.1 Å². The molecule has 0 radical (unpaired) electrons. The summed E-state index contributed by atoms with van der Waals surface area (Å²) in [5.74, 6) is 0.0624. The number of carbonyl (C=O) groups is 1. The summed E-state index contributed by atoms with van der Waals surface area (Å²) in [5.41, 5.74) is 0.982. The van der Waals surface area contributed by atoms with Crippen LogP contribution in [0, 0.1) is 23.6 Å². The maximum atomic E-state index is 14.1. The van der Waals surface area contributed by atoms with E-state index in [9.17, 15) is 9.18 Å². The molecule has 4 rings (SSSR count). The molecule has 2 bridgehead atoms. The van der Waals surface area contributed by atoms with E-state index in [4.69, 9.17) is 16.3 Å². The van der Waals surface area contributed by atoms with Crippen LogP contribution in [0.3, 0.4) is 0 Å². The molecule has 152 valence electrons. The van der Waals surface area contributed by atoms with E-state index in [0.717, 1.165) is 23.9 Å². The maximum Gasteiger partial charge on any atom is 0.226 e. The lowest BCUT2D eigenvalue weighted by Crippen LogP contribution is -2.44. The average molecular weight is 417 g/mol. The van der Waals surface area contributed by atoms with Crippen molar-refractivity contribution in [1.29, 1.82) is 0 Å². The summed E-state index contributed by atoms with van der Waals surface area (Å²) in [6.07, 6.45) is 6.04. The van der Waals surface area contributed by atoms with E-state index in [0.29, 0.717) is 0 Å². The van der Waals surface area contributed by atoms with Gasteiger partial charge in [-0.3, -0.25) is 4.79 Å². The van der Waals surface area contributed by atoms with Gasteiger partial charge in [0, 0.05) is 6.04 Å². The van der Waals surface area contributed by atoms with E-state index in [1.165, 1.54) is 0 Å². The Hall–Kier alpha value is -2.67. The number of aromatic nitrogens is 2. The molecule has 2 N–H and O–H groups in total. The maximum absolute atomic E-state index is 14.1. The Morgan fingerprint density at radius 1 is 1.28 bits per heavy atom. The summed E-state index contributed by atoms with van der Waals surface area (Å²) in [5, 5.41) is 6.16. The molecule has 1 aromatic carbocycles. The molecule has 0 aliphatic heterocycles. The molecule has 2 aliphatic rings. The number of halogens is 2. The number of nitrogens with one attached hydrogen (secondary N) is 2. The molecule has 0 spiro atoms. The molecule has 8 heteroatoms. The van der Waals surface area contributed by atoms with Crippen molar-refractivity contribution in [1.82, 2.24) is 15.3 Å². The van der Waals surface area contributed by atoms with E-state index < -0.39 is 5.82 Å². The molecular formula is C21H22ClFN4O2. The molecule has 29 heavy (non-hydrogen) atoms. The molecular weight excluding hydrogens is 395 g/mol. The second kappa shape index (κ2) is 7.99. The number of anilines is 1. The summed E-state index contributed by atoms with van der Waals surface area (Å²) >= 11 is 5.81. The van der Waals surface area contributed by atoms with E-state index in [1.807, 2.05) is 31.2 Å². The third-order valence-electron chi connectivity index (χ3n) is 5.75. The van der Waals surface area contributed by atoms with Crippen molar-refractivity contribution in [2.75, 3.05) is 12.4 Å². The van der Waals surface area contributed by atoms with Crippen molar-refractivity contribution < 1.29 is 13.9 Å². The van der Waals surface area contributed by atoms with Gasteiger partial charge in [-0.25, -0.2) is 9.37 Å². The van der Waals surface area contributed by atoms with Crippen molar-refractivity contribution in [2.45, 2.75) is 25.4 Å². The van der Waals surface area contributed by atoms with Gasteiger partial charge < -0.3 is 15.4 Å². The zero-order chi connectivity index (χ0) is 20.5. The van der Waals surface area contributed by atoms with Gasteiger partial charge in [0.05, 0.1) is 25.3 Å². The van der Waals surface area contributed by atoms with Crippen LogP contribution in [0.2, 0.25) is 5.28 Å². The van der Waals surface area contributed by atoms with Crippen LogP contribution in [0.4, 0.5) is 10.2 Å². The van der Waals surface area contributed by atoms with E-state index in [-0.39, 0.29) is 46.8 Å². The number of rotatable bonds is 6. The van der Waals surface area contributed by atoms with Gasteiger partial charge in [0.2, 0.25) is 11.2 Å². The van der Waals surface area contributed by atoms with Gasteiger partial charge in [0.25, 0.3) is 0 Å². The highest BCUT2D eigenvalue weighted by Crippen LogP contribution is 2.45. The quantitative estimate of drug-likeness (QED) is 0.554. The minimum Gasteiger partial charge on any atom is -0.497 e. The summed E-state index contributed by atoms with van der Waals surface area (Å²) in [7, 11) is 1.61. The number of hydrogen-bond donors (Lipinski definition) is 2. The first-order valence-electron chi connectivity index (χ1n) is 9.53. The van der Waals surface area contributed by atoms with Crippen LogP contribution in [0.25, 0.3) is 0 Å². The number of nitrogens with zero attached hydrogens (tertiary/aromatic N) is 2. The molecule has 2 aromatic rings. The number of ether oxygens (including phenoxy) is 1. The van der Waals surface area contributed by atoms with Crippen LogP contribution in [-0.4, -0.2) is 29.0 Å². The number of hydrogen-bond acceptors (Lipinski definition) is 5. The zero-order valence-corrected chi connectivity index (χ0v) is 16.9. The molecule has 1 aromatic heterocycles. The Balaban J connectivity index is 1.50. The van der Waals surface area contributed by atoms with Gasteiger partial charge >= 0.3 is 0 Å². The van der Waals surface area contributed by atoms with Crippen LogP contribution in [0.15, 0.2) is 42.6 Å². The Bertz CT molecular complexity index is 937. The zero-order valence-electron chi connectivity index (χ0n) is 16.1. The molecule has 1 unspecified atom stereocenters. The lowest BCUT2D eigenvalue weighted by Gasteiger charge is -2.29. The van der Waals surface area contributed by atoms with Gasteiger partial charge in [-0.1, -0.05) is 24.3 Å². The predicted molar refractivity (Wildman–Crippen MR) is 108 cm³/mol. The van der Waals surface area contributed by atoms with E-state index in [2.05, 4.69) is 32.8 Å². The lowest BCUT2D eigenvalue weighted by molar-refractivity contribution is -0.126. The number of benzene rings is 1. The molecule has 1 amide bonds. The Labute approximate surface area is 173 Å². The predicted octanol–water partition coefficient (Wildman–Crippen LogP) is 3.76. The van der Waals surface area contributed by atoms with Crippen LogP contribution in [0.5, 0.6) is 5.75 Å². The Morgan fingerprint density at radius 3 is 2.72 bits per heavy atom. The van der Waals surface area contributed by atoms with E-state index in [1.54, 1.807) is 7.11 Å². The first-order valence-corrected chi connectivity index (χ1v) is 9.91. The van der Waals surface area contributed by atoms with Gasteiger partial charge in [-0.15, -0.1) is 0 Å². The summed E-state index contributed by atoms with van der Waals surface area (Å²) in [4.78, 5) is 20.7. The summed E-state index contributed by atoms with van der Waals surface area (Å²) < 4.78 is 19.3. The summed E-state index contributed by atoms with van der Waals surface area (Å²) in [6, 6.07) is 7.17. The highest BCUT2D eigenvalue weighted by Gasteiger charge is 2.48. The van der Waals surface area contributed by atoms with Gasteiger partial charge in [0.1, 0.15) is 5.75 Å². The van der Waals surface area contributed by atoms with Gasteiger partial charge in [0.15, 0.2) is 11.6 Å². The fraction of sp³-hybridized carbons (Fsp3) is 0.381. The number of fused-ring (bicyclic) bond motifs is 2. The molecule has 1 heterocycles. The highest BCUT2D eigenvalue weighted by atomic mass is 35.5. The van der Waals surface area contributed by atoms with Crippen LogP contribution < -0.4 is 15.4 Å². The second-order valence-electron chi connectivity index (χ2n) is 7.48. The second-order valence-corrected chi connectivity index (χ2v) is 7.82. The standard InChI is InChI=1S/C21H22ClFN4O2/c1-11(12-5-7-15(29-2)8-6-12)25-20(28)17-13-3-4-14(9-13)18(17)26-19-16(23)10-24-21(22)27-19/h3-8,10-11,13-14,17-18H,9H2,1-2H3,(H,25,28)(H,24,26,27)/t11-,13-,14+,17?,18-/m1/s1. The largest absolute Gasteiger partial charge is 0.497 e. The minimum absolute atomic E-state index is 0.0250. The molecule has 0 saturated heterocycles. The summed E-state index contributed by atoms with van der Waals surface area (Å²) in [6.45, 7) is 1.94. The normalized spacial score (nSPS) is 25.7. The fourth-order valence-electron chi connectivity index (χ4n) is 4.27. The first-order chi connectivity index (χ1) is 14.0. The van der Waals surface area contributed by atoms with Crippen LogP contribution >= 0.6 is 11.6 Å². The highest BCUT2D eigenvalue weighted by molar-refractivity contribution is 6.28. The van der Waals surface area contributed by atoms with Gasteiger partial charge in [-0.2, -0.15) is 4.98 Å². The smallest absolute Gasteiger partial charge is 0.226 e. The van der Waals surface area contributed by atoms with Crippen molar-refractivity contribution in [3.05, 3.63) is 59.3 Å². The first kappa shape index (κ1) is 19.6. The molecule has 6 nitrogen and oxygen atoms in total. The average Bonchev–Trinajstić information content (AvgIpc) is 3.32. The lowest BCUT2D eigenvalue weighted by atomic mass is 9.87. The van der Waals surface area contributed by atoms with E-state index >= 15 is 0 Å². The van der Waals surface area contributed by atoms with Gasteiger partial charge in [-0.05, 0) is 54.5 Å². The monoisotopic (exact) mass is 416 g/mol. The third kappa shape index (κ3) is 3.92. The van der Waals surface area contributed by atoms with Crippen LogP contribution in [-0.2, 0) is 4.79 Å². The third-order valence-corrected chi connectivity index (χ3v) is 5.94. The minimum atomic E-state index is -0.591. The van der Waals surface area contributed by atoms with Crippen molar-refractivity contribution in [3.63, 3.8) is 0 Å². The Morgan fingerprint density at radius 2 is 2.00 bits per heavy atom. The Kier molecular flexibility index (Phi) is 5.41. The number of amides is 1. The van der Waals surface area contributed by atoms with Crippen molar-refractivity contribution in [2.24, 2.45) is 17.8 Å². The number of methoxy groups -OCH3 is 1. The molecule has 2 aliphatic carbocycles. The van der Waals surface area contributed by atoms with Crippen molar-refractivity contribution >= 4 is 23.3 Å². The van der Waals surface area contributed by atoms with Crippen molar-refractivity contribution in [3.8, 4) is 5.75 Å². The molecule has 1 fully saturated rings. The fourth-order valence-corrected chi connectivity index (χ4v) is 4.40. The number of carbonyl (C=O) groups excluding carboxylic acids is 1. The number of allylic oxidation sites excluding steroid dienone is 1. The van der Waals surface area contributed by atoms with Crippen LogP contribution in [0.1, 0.15) is 24.9 Å². The molecule has 1 saturated carbocycles. The SMILES string of the molecule is COc1ccc([C@@H](C)NC(=O)C2[C@@H]3C=C[C@@H](C3)[C@H]2Nc2nc(Cl)ncc2F)cc1.